The smallest absolute Gasteiger partial charge is 0.334 e. The Labute approximate surface area is 151 Å². The maximum absolute atomic E-state index is 12.1. The Hall–Kier alpha value is -0.950. The van der Waals surface area contributed by atoms with E-state index in [1.54, 1.807) is 0 Å². The highest BCUT2D eigenvalue weighted by Gasteiger charge is 3.00. The van der Waals surface area contributed by atoms with Gasteiger partial charge in [-0.25, -0.2) is 4.79 Å². The molecule has 0 bridgehead atoms. The molecule has 1 unspecified atom stereocenters. The van der Waals surface area contributed by atoms with Gasteiger partial charge in [0.2, 0.25) is 0 Å². The number of aliphatic hydroxyl groups is 1. The van der Waals surface area contributed by atoms with Crippen molar-refractivity contribution in [3.05, 3.63) is 11.1 Å². The molecule has 0 aromatic rings. The zero-order valence-corrected chi connectivity index (χ0v) is 15.3. The summed E-state index contributed by atoms with van der Waals surface area (Å²) >= 11 is 0. The summed E-state index contributed by atoms with van der Waals surface area (Å²) in [6, 6.07) is 0. The minimum absolute atomic E-state index is 0.00808. The number of carbonyl (C=O) groups is 1. The molecule has 9 atom stereocenters. The average molecular weight is 360 g/mol. The number of epoxide rings is 3. The second-order valence-corrected chi connectivity index (χ2v) is 9.91. The Kier molecular flexibility index (Phi) is 2.19. The second-order valence-electron chi connectivity index (χ2n) is 9.91. The molecule has 0 amide bonds. The van der Waals surface area contributed by atoms with E-state index >= 15 is 0 Å². The third kappa shape index (κ3) is 1.14. The lowest BCUT2D eigenvalue weighted by Crippen LogP contribution is -2.69. The second kappa shape index (κ2) is 3.79. The molecule has 3 aliphatic carbocycles. The van der Waals surface area contributed by atoms with Gasteiger partial charge in [-0.1, -0.05) is 20.8 Å². The number of cyclic esters (lactones) is 1. The molecular formula is C20H24O6. The summed E-state index contributed by atoms with van der Waals surface area (Å²) in [7, 11) is 0. The molecule has 7 rings (SSSR count). The first-order valence-corrected chi connectivity index (χ1v) is 9.95. The number of hydrogen-bond donors (Lipinski definition) is 1. The van der Waals surface area contributed by atoms with Gasteiger partial charge < -0.3 is 24.1 Å². The van der Waals surface area contributed by atoms with E-state index in [-0.39, 0.29) is 41.5 Å². The van der Waals surface area contributed by atoms with E-state index in [2.05, 4.69) is 20.8 Å². The first-order chi connectivity index (χ1) is 12.3. The maximum atomic E-state index is 12.1. The number of fused-ring (bicyclic) bond motifs is 4. The quantitative estimate of drug-likeness (QED) is 0.557. The fourth-order valence-electron chi connectivity index (χ4n) is 7.70. The number of esters is 1. The number of hydrogen-bond acceptors (Lipinski definition) is 6. The van der Waals surface area contributed by atoms with E-state index in [1.807, 2.05) is 0 Å². The molecule has 7 aliphatic rings. The molecule has 3 saturated heterocycles. The van der Waals surface area contributed by atoms with Crippen LogP contribution >= 0.6 is 0 Å². The molecule has 2 saturated carbocycles. The third-order valence-corrected chi connectivity index (χ3v) is 9.10. The van der Waals surface area contributed by atoms with Crippen LogP contribution in [0.25, 0.3) is 0 Å². The van der Waals surface area contributed by atoms with Crippen molar-refractivity contribution in [3.63, 3.8) is 0 Å². The summed E-state index contributed by atoms with van der Waals surface area (Å²) in [6.07, 6.45) is 1.71. The van der Waals surface area contributed by atoms with Crippen molar-refractivity contribution in [2.75, 3.05) is 6.61 Å². The average Bonchev–Trinajstić information content (AvgIpc) is 3.47. The van der Waals surface area contributed by atoms with Crippen molar-refractivity contribution in [2.24, 2.45) is 17.3 Å². The summed E-state index contributed by atoms with van der Waals surface area (Å²) in [5.74, 6) is 0.297. The SMILES string of the molecule is CC(C)[C@]12O[C@H]1[C@@H]1O[C@]13[C@]1(O[C@H]1CC1C4=C(CC[C@@]13C)C(=O)OC4)[C@H]2O. The third-order valence-electron chi connectivity index (χ3n) is 9.10. The van der Waals surface area contributed by atoms with Gasteiger partial charge in [0.1, 0.15) is 36.1 Å². The molecule has 4 aliphatic heterocycles. The van der Waals surface area contributed by atoms with Crippen molar-refractivity contribution in [1.29, 1.82) is 0 Å². The van der Waals surface area contributed by atoms with Crippen LogP contribution in [0.4, 0.5) is 0 Å². The molecule has 6 heteroatoms. The predicted octanol–water partition coefficient (Wildman–Crippen LogP) is 1.10. The van der Waals surface area contributed by atoms with E-state index < -0.39 is 22.9 Å². The molecule has 6 nitrogen and oxygen atoms in total. The summed E-state index contributed by atoms with van der Waals surface area (Å²) in [6.45, 7) is 6.91. The summed E-state index contributed by atoms with van der Waals surface area (Å²) in [4.78, 5) is 12.1. The van der Waals surface area contributed by atoms with Crippen LogP contribution < -0.4 is 0 Å². The summed E-state index contributed by atoms with van der Waals surface area (Å²) < 4.78 is 24.3. The van der Waals surface area contributed by atoms with Gasteiger partial charge >= 0.3 is 5.97 Å². The fraction of sp³-hybridized carbons (Fsp3) is 0.850. The van der Waals surface area contributed by atoms with Gasteiger partial charge in [-0.3, -0.25) is 0 Å². The Morgan fingerprint density at radius 2 is 2.00 bits per heavy atom. The van der Waals surface area contributed by atoms with Crippen LogP contribution in [0.3, 0.4) is 0 Å². The number of rotatable bonds is 1. The molecular weight excluding hydrogens is 336 g/mol. The molecule has 0 radical (unpaired) electrons. The van der Waals surface area contributed by atoms with E-state index in [1.165, 1.54) is 0 Å². The van der Waals surface area contributed by atoms with E-state index in [4.69, 9.17) is 18.9 Å². The highest BCUT2D eigenvalue weighted by molar-refractivity contribution is 5.92. The Balaban J connectivity index is 1.39. The largest absolute Gasteiger partial charge is 0.458 e. The van der Waals surface area contributed by atoms with Crippen molar-refractivity contribution >= 4 is 5.97 Å². The van der Waals surface area contributed by atoms with Gasteiger partial charge in [0.15, 0.2) is 5.60 Å². The van der Waals surface area contributed by atoms with Crippen molar-refractivity contribution in [2.45, 2.75) is 81.3 Å². The summed E-state index contributed by atoms with van der Waals surface area (Å²) in [5.41, 5.74) is 0.230. The molecule has 5 fully saturated rings. The van der Waals surface area contributed by atoms with E-state index in [9.17, 15) is 9.90 Å². The lowest BCUT2D eigenvalue weighted by atomic mass is 9.46. The van der Waals surface area contributed by atoms with Gasteiger partial charge in [0.05, 0.1) is 6.10 Å². The molecule has 26 heavy (non-hydrogen) atoms. The highest BCUT2D eigenvalue weighted by atomic mass is 16.7. The Morgan fingerprint density at radius 3 is 2.77 bits per heavy atom. The van der Waals surface area contributed by atoms with Crippen molar-refractivity contribution in [1.82, 2.24) is 0 Å². The fourth-order valence-corrected chi connectivity index (χ4v) is 7.70. The number of carbonyl (C=O) groups excluding carboxylic acids is 1. The van der Waals surface area contributed by atoms with Crippen LogP contribution in [-0.2, 0) is 23.7 Å². The minimum Gasteiger partial charge on any atom is -0.458 e. The molecule has 4 heterocycles. The van der Waals surface area contributed by atoms with Crippen LogP contribution in [0.1, 0.15) is 40.0 Å². The van der Waals surface area contributed by atoms with Crippen LogP contribution in [0.2, 0.25) is 0 Å². The van der Waals surface area contributed by atoms with E-state index in [0.29, 0.717) is 6.61 Å². The minimum atomic E-state index is -0.654. The number of ether oxygens (including phenoxy) is 4. The first-order valence-electron chi connectivity index (χ1n) is 9.95. The molecule has 140 valence electrons. The highest BCUT2D eigenvalue weighted by Crippen LogP contribution is 2.82. The zero-order valence-electron chi connectivity index (χ0n) is 15.3. The van der Waals surface area contributed by atoms with Gasteiger partial charge in [-0.05, 0) is 36.7 Å². The van der Waals surface area contributed by atoms with E-state index in [0.717, 1.165) is 30.4 Å². The molecule has 0 aromatic carbocycles. The lowest BCUT2D eigenvalue weighted by Gasteiger charge is -2.53. The van der Waals surface area contributed by atoms with Gasteiger partial charge in [-0.2, -0.15) is 0 Å². The zero-order chi connectivity index (χ0) is 17.9. The van der Waals surface area contributed by atoms with Gasteiger partial charge in [0.25, 0.3) is 0 Å². The topological polar surface area (TPSA) is 84.1 Å². The normalized spacial score (nSPS) is 63.1. The van der Waals surface area contributed by atoms with Crippen LogP contribution in [-0.4, -0.2) is 58.9 Å². The molecule has 1 N–H and O–H groups in total. The van der Waals surface area contributed by atoms with Crippen LogP contribution in [0, 0.1) is 17.3 Å². The lowest BCUT2D eigenvalue weighted by molar-refractivity contribution is -0.136. The van der Waals surface area contributed by atoms with Crippen LogP contribution in [0.15, 0.2) is 11.1 Å². The monoisotopic (exact) mass is 360 g/mol. The van der Waals surface area contributed by atoms with Crippen molar-refractivity contribution in [3.8, 4) is 0 Å². The standard InChI is InChI=1S/C20H24O6/c1-8(2)18-13(25-18)14-20(26-14)17(3)5-4-9-10(7-23-15(9)21)11(17)6-12-19(20,24-12)16(18)22/h8,11-14,16,22H,4-7H2,1-3H3/t11?,12-,13-,14-,16-,17-,18-,19+,20+/m0/s1. The van der Waals surface area contributed by atoms with Gasteiger partial charge in [-0.15, -0.1) is 0 Å². The van der Waals surface area contributed by atoms with Crippen molar-refractivity contribution < 1.29 is 28.8 Å². The first kappa shape index (κ1) is 15.0. The molecule has 0 aromatic heterocycles. The Bertz CT molecular complexity index is 819. The Morgan fingerprint density at radius 1 is 1.19 bits per heavy atom. The summed E-state index contributed by atoms with van der Waals surface area (Å²) in [5, 5.41) is 11.4. The maximum Gasteiger partial charge on any atom is 0.334 e. The van der Waals surface area contributed by atoms with Crippen LogP contribution in [0.5, 0.6) is 0 Å². The van der Waals surface area contributed by atoms with Gasteiger partial charge in [0, 0.05) is 11.0 Å². The predicted molar refractivity (Wildman–Crippen MR) is 87.1 cm³/mol. The molecule has 2 spiro atoms. The number of aliphatic hydroxyl groups excluding tert-OH is 1.